The van der Waals surface area contributed by atoms with Crippen molar-refractivity contribution in [2.75, 3.05) is 4.90 Å². The molecule has 8 aromatic carbocycles. The first-order valence-corrected chi connectivity index (χ1v) is 17.5. The molecule has 9 aromatic rings. The summed E-state index contributed by atoms with van der Waals surface area (Å²) in [6, 6.07) is 72.2. The van der Waals surface area contributed by atoms with Crippen LogP contribution in [0.15, 0.2) is 211 Å². The summed E-state index contributed by atoms with van der Waals surface area (Å²) in [5.41, 5.74) is 14.8. The van der Waals surface area contributed by atoms with E-state index < -0.39 is 0 Å². The Morgan fingerprint density at radius 2 is 0.654 bits per heavy atom. The molecule has 0 saturated heterocycles. The Morgan fingerprint density at radius 1 is 0.308 bits per heavy atom. The van der Waals surface area contributed by atoms with E-state index in [1.165, 1.54) is 22.3 Å². The summed E-state index contributed by atoms with van der Waals surface area (Å²) < 4.78 is 6.59. The topological polar surface area (TPSA) is 29.3 Å². The lowest BCUT2D eigenvalue weighted by Crippen LogP contribution is -2.09. The molecule has 0 atom stereocenters. The molecule has 1 heterocycles. The van der Waals surface area contributed by atoms with Crippen LogP contribution in [0.1, 0.15) is 0 Å². The number of hydrogen-bond donors (Lipinski definition) is 0. The zero-order valence-corrected chi connectivity index (χ0v) is 28.4. The van der Waals surface area contributed by atoms with E-state index in [9.17, 15) is 0 Å². The SMILES string of the molecule is c1ccc(-c2ccc(N(c3ccc(-c4ccccc4)cc3)c3ccc(-c4ccc(-c5ccccc5)c5nc(-c6ccccc6)oc45)cc3)cc2)cc1. The number of oxazole rings is 1. The van der Waals surface area contributed by atoms with Gasteiger partial charge in [-0.3, -0.25) is 0 Å². The van der Waals surface area contributed by atoms with E-state index in [0.29, 0.717) is 5.89 Å². The number of nitrogens with zero attached hydrogens (tertiary/aromatic N) is 2. The van der Waals surface area contributed by atoms with Crippen LogP contribution < -0.4 is 4.90 Å². The van der Waals surface area contributed by atoms with Crippen molar-refractivity contribution in [3.63, 3.8) is 0 Å². The lowest BCUT2D eigenvalue weighted by atomic mass is 9.98. The zero-order chi connectivity index (χ0) is 34.7. The Hall–Kier alpha value is -6.97. The van der Waals surface area contributed by atoms with Gasteiger partial charge >= 0.3 is 0 Å². The molecule has 0 aliphatic heterocycles. The molecule has 0 fully saturated rings. The number of anilines is 3. The molecule has 0 spiro atoms. The van der Waals surface area contributed by atoms with Gasteiger partial charge < -0.3 is 9.32 Å². The minimum absolute atomic E-state index is 0.612. The molecule has 52 heavy (non-hydrogen) atoms. The zero-order valence-electron chi connectivity index (χ0n) is 28.4. The average Bonchev–Trinajstić information content (AvgIpc) is 3.69. The Bertz CT molecular complexity index is 2480. The number of aromatic nitrogens is 1. The fraction of sp³-hybridized carbons (Fsp3) is 0. The summed E-state index contributed by atoms with van der Waals surface area (Å²) >= 11 is 0. The van der Waals surface area contributed by atoms with Crippen molar-refractivity contribution < 1.29 is 4.42 Å². The van der Waals surface area contributed by atoms with Gasteiger partial charge in [-0.15, -0.1) is 0 Å². The number of hydrogen-bond acceptors (Lipinski definition) is 3. The maximum atomic E-state index is 6.59. The summed E-state index contributed by atoms with van der Waals surface area (Å²) in [4.78, 5) is 7.36. The summed E-state index contributed by atoms with van der Waals surface area (Å²) in [6.07, 6.45) is 0. The molecular weight excluding hydrogens is 633 g/mol. The lowest BCUT2D eigenvalue weighted by Gasteiger charge is -2.26. The number of fused-ring (bicyclic) bond motifs is 1. The quantitative estimate of drug-likeness (QED) is 0.162. The van der Waals surface area contributed by atoms with Gasteiger partial charge in [-0.1, -0.05) is 152 Å². The summed E-state index contributed by atoms with van der Waals surface area (Å²) in [5.74, 6) is 0.612. The van der Waals surface area contributed by atoms with Crippen LogP contribution in [0.2, 0.25) is 0 Å². The summed E-state index contributed by atoms with van der Waals surface area (Å²) in [5, 5.41) is 0. The molecule has 0 bridgehead atoms. The van der Waals surface area contributed by atoms with E-state index in [1.54, 1.807) is 0 Å². The van der Waals surface area contributed by atoms with Gasteiger partial charge in [0.15, 0.2) is 5.58 Å². The number of benzene rings is 8. The van der Waals surface area contributed by atoms with E-state index in [1.807, 2.05) is 36.4 Å². The van der Waals surface area contributed by atoms with Gasteiger partial charge in [0.1, 0.15) is 5.52 Å². The first kappa shape index (κ1) is 31.0. The minimum Gasteiger partial charge on any atom is -0.435 e. The predicted molar refractivity (Wildman–Crippen MR) is 216 cm³/mol. The minimum atomic E-state index is 0.612. The van der Waals surface area contributed by atoms with Crippen LogP contribution in [-0.2, 0) is 0 Å². The molecule has 9 rings (SSSR count). The van der Waals surface area contributed by atoms with Crippen molar-refractivity contribution in [3.8, 4) is 56.0 Å². The maximum Gasteiger partial charge on any atom is 0.227 e. The average molecular weight is 667 g/mol. The van der Waals surface area contributed by atoms with E-state index >= 15 is 0 Å². The van der Waals surface area contributed by atoms with Gasteiger partial charge in [-0.2, -0.15) is 0 Å². The molecule has 246 valence electrons. The second kappa shape index (κ2) is 13.7. The van der Waals surface area contributed by atoms with Crippen molar-refractivity contribution in [3.05, 3.63) is 206 Å². The van der Waals surface area contributed by atoms with Gasteiger partial charge in [0.25, 0.3) is 0 Å². The molecule has 0 amide bonds. The molecular formula is C49H34N2O. The van der Waals surface area contributed by atoms with Crippen molar-refractivity contribution >= 4 is 28.2 Å². The standard InChI is InChI=1S/C49H34N2O/c1-5-13-35(14-6-1)37-21-27-42(28-22-37)51(43-29-23-38(24-30-43)36-15-7-2-8-16-36)44-31-25-40(26-32-44)46-34-33-45(39-17-9-3-10-18-39)47-48(46)52-49(50-47)41-19-11-4-12-20-41/h1-34H. The first-order valence-electron chi connectivity index (χ1n) is 17.5. The van der Waals surface area contributed by atoms with Crippen LogP contribution in [0.4, 0.5) is 17.1 Å². The Morgan fingerprint density at radius 3 is 1.12 bits per heavy atom. The third kappa shape index (κ3) is 6.06. The fourth-order valence-electron chi connectivity index (χ4n) is 6.89. The predicted octanol–water partition coefficient (Wildman–Crippen LogP) is 13.6. The molecule has 3 nitrogen and oxygen atoms in total. The van der Waals surface area contributed by atoms with Gasteiger partial charge in [0.2, 0.25) is 5.89 Å². The van der Waals surface area contributed by atoms with Crippen LogP contribution in [0, 0.1) is 0 Å². The van der Waals surface area contributed by atoms with E-state index in [2.05, 4.69) is 175 Å². The molecule has 3 heteroatoms. The fourth-order valence-corrected chi connectivity index (χ4v) is 6.89. The molecule has 0 unspecified atom stereocenters. The van der Waals surface area contributed by atoms with E-state index in [0.717, 1.165) is 56.0 Å². The Labute approximate surface area is 303 Å². The smallest absolute Gasteiger partial charge is 0.227 e. The highest BCUT2D eigenvalue weighted by Crippen LogP contribution is 2.41. The third-order valence-corrected chi connectivity index (χ3v) is 9.55. The molecule has 0 N–H and O–H groups in total. The lowest BCUT2D eigenvalue weighted by molar-refractivity contribution is 0.621. The highest BCUT2D eigenvalue weighted by atomic mass is 16.3. The number of rotatable bonds is 8. The third-order valence-electron chi connectivity index (χ3n) is 9.55. The highest BCUT2D eigenvalue weighted by Gasteiger charge is 2.19. The van der Waals surface area contributed by atoms with Crippen molar-refractivity contribution in [1.29, 1.82) is 0 Å². The molecule has 0 radical (unpaired) electrons. The normalized spacial score (nSPS) is 11.1. The second-order valence-electron chi connectivity index (χ2n) is 12.8. The summed E-state index contributed by atoms with van der Waals surface area (Å²) in [7, 11) is 0. The Kier molecular flexibility index (Phi) is 8.20. The highest BCUT2D eigenvalue weighted by molar-refractivity contribution is 6.00. The monoisotopic (exact) mass is 666 g/mol. The molecule has 1 aromatic heterocycles. The molecule has 0 aliphatic rings. The molecule has 0 saturated carbocycles. The maximum absolute atomic E-state index is 6.59. The van der Waals surface area contributed by atoms with Crippen LogP contribution >= 0.6 is 0 Å². The van der Waals surface area contributed by atoms with E-state index in [-0.39, 0.29) is 0 Å². The van der Waals surface area contributed by atoms with Gasteiger partial charge in [0, 0.05) is 33.8 Å². The van der Waals surface area contributed by atoms with Gasteiger partial charge in [0.05, 0.1) is 0 Å². The first-order chi connectivity index (χ1) is 25.8. The van der Waals surface area contributed by atoms with Gasteiger partial charge in [-0.25, -0.2) is 4.98 Å². The van der Waals surface area contributed by atoms with Crippen LogP contribution in [0.3, 0.4) is 0 Å². The largest absolute Gasteiger partial charge is 0.435 e. The van der Waals surface area contributed by atoms with Crippen LogP contribution in [-0.4, -0.2) is 4.98 Å². The van der Waals surface area contributed by atoms with Crippen molar-refractivity contribution in [2.24, 2.45) is 0 Å². The van der Waals surface area contributed by atoms with Crippen LogP contribution in [0.5, 0.6) is 0 Å². The Balaban J connectivity index is 1.12. The van der Waals surface area contributed by atoms with Crippen molar-refractivity contribution in [1.82, 2.24) is 4.98 Å². The van der Waals surface area contributed by atoms with E-state index in [4.69, 9.17) is 9.40 Å². The van der Waals surface area contributed by atoms with Gasteiger partial charge in [-0.05, 0) is 88.0 Å². The van der Waals surface area contributed by atoms with Crippen LogP contribution in [0.25, 0.3) is 67.1 Å². The summed E-state index contributed by atoms with van der Waals surface area (Å²) in [6.45, 7) is 0. The molecule has 0 aliphatic carbocycles. The second-order valence-corrected chi connectivity index (χ2v) is 12.8. The van der Waals surface area contributed by atoms with Crippen molar-refractivity contribution in [2.45, 2.75) is 0 Å².